The van der Waals surface area contributed by atoms with Crippen molar-refractivity contribution in [1.29, 1.82) is 0 Å². The van der Waals surface area contributed by atoms with Gasteiger partial charge in [0.15, 0.2) is 4.80 Å². The molecule has 0 bridgehead atoms. The van der Waals surface area contributed by atoms with Crippen molar-refractivity contribution in [2.45, 2.75) is 25.5 Å². The lowest BCUT2D eigenvalue weighted by Gasteiger charge is -2.30. The summed E-state index contributed by atoms with van der Waals surface area (Å²) in [6.45, 7) is 0.391. The summed E-state index contributed by atoms with van der Waals surface area (Å²) in [7, 11) is 0. The maximum atomic E-state index is 14.2. The lowest BCUT2D eigenvalue weighted by molar-refractivity contribution is -0.384. The molecule has 5 aromatic carbocycles. The molecule has 0 spiro atoms. The van der Waals surface area contributed by atoms with Crippen LogP contribution >= 0.6 is 43.2 Å². The molecule has 0 amide bonds. The van der Waals surface area contributed by atoms with Crippen LogP contribution in [0.1, 0.15) is 40.3 Å². The van der Waals surface area contributed by atoms with E-state index in [1.54, 1.807) is 16.7 Å². The Hall–Kier alpha value is -4.64. The first kappa shape index (κ1) is 30.7. The molecule has 1 aliphatic carbocycles. The molecule has 0 N–H and O–H groups in total. The van der Waals surface area contributed by atoms with Crippen LogP contribution in [0.15, 0.2) is 127 Å². The monoisotopic (exact) mass is 777 g/mol. The number of fused-ring (bicyclic) bond motifs is 4. The Morgan fingerprint density at radius 1 is 0.938 bits per heavy atom. The second-order valence-corrected chi connectivity index (χ2v) is 14.4. The largest absolute Gasteiger partial charge is 0.487 e. The van der Waals surface area contributed by atoms with Crippen molar-refractivity contribution < 1.29 is 9.66 Å². The van der Waals surface area contributed by atoms with Gasteiger partial charge in [0.25, 0.3) is 11.2 Å². The van der Waals surface area contributed by atoms with E-state index < -0.39 is 11.0 Å². The average Bonchev–Trinajstić information content (AvgIpc) is 3.40. The summed E-state index contributed by atoms with van der Waals surface area (Å²) in [5.41, 5.74) is 6.46. The number of aryl methyl sites for hydroxylation is 1. The average molecular weight is 780 g/mol. The van der Waals surface area contributed by atoms with E-state index in [0.29, 0.717) is 33.7 Å². The minimum Gasteiger partial charge on any atom is -0.487 e. The van der Waals surface area contributed by atoms with Crippen molar-refractivity contribution in [3.63, 3.8) is 0 Å². The number of nitrogens with zero attached hydrogens (tertiary/aromatic N) is 3. The number of halogens is 2. The summed E-state index contributed by atoms with van der Waals surface area (Å²) in [5.74, 6) is 0.665. The van der Waals surface area contributed by atoms with E-state index in [1.807, 2.05) is 54.6 Å². The molecule has 236 valence electrons. The van der Waals surface area contributed by atoms with Gasteiger partial charge in [-0.1, -0.05) is 90.2 Å². The molecule has 2 aliphatic rings. The van der Waals surface area contributed by atoms with E-state index in [9.17, 15) is 14.9 Å². The van der Waals surface area contributed by atoms with E-state index in [2.05, 4.69) is 68.3 Å². The molecule has 0 unspecified atom stereocenters. The van der Waals surface area contributed by atoms with Gasteiger partial charge in [-0.25, -0.2) is 4.99 Å². The fourth-order valence-electron chi connectivity index (χ4n) is 6.65. The van der Waals surface area contributed by atoms with E-state index >= 15 is 0 Å². The van der Waals surface area contributed by atoms with Gasteiger partial charge < -0.3 is 4.74 Å². The van der Waals surface area contributed by atoms with Crippen molar-refractivity contribution in [2.24, 2.45) is 4.99 Å². The molecule has 1 atom stereocenters. The quantitative estimate of drug-likeness (QED) is 0.125. The third kappa shape index (κ3) is 5.43. The summed E-state index contributed by atoms with van der Waals surface area (Å²) in [4.78, 5) is 31.2. The van der Waals surface area contributed by atoms with E-state index in [4.69, 9.17) is 9.73 Å². The number of hydrogen-bond donors (Lipinski definition) is 0. The third-order valence-electron chi connectivity index (χ3n) is 8.84. The molecule has 0 radical (unpaired) electrons. The molecule has 1 aromatic heterocycles. The van der Waals surface area contributed by atoms with E-state index in [1.165, 1.54) is 23.0 Å². The minimum absolute atomic E-state index is 0.0116. The highest BCUT2D eigenvalue weighted by Gasteiger charge is 2.33. The van der Waals surface area contributed by atoms with Crippen LogP contribution in [0.3, 0.4) is 0 Å². The predicted octanol–water partition coefficient (Wildman–Crippen LogP) is 8.48. The number of benzene rings is 5. The number of hydrogen-bond acceptors (Lipinski definition) is 6. The van der Waals surface area contributed by atoms with Gasteiger partial charge in [-0.05, 0) is 102 Å². The summed E-state index contributed by atoms with van der Waals surface area (Å²) < 4.78 is 10.0. The fourth-order valence-corrected chi connectivity index (χ4v) is 9.10. The topological polar surface area (TPSA) is 86.7 Å². The Labute approximate surface area is 295 Å². The number of nitro benzene ring substituents is 1. The summed E-state index contributed by atoms with van der Waals surface area (Å²) in [6.07, 6.45) is 3.36. The van der Waals surface area contributed by atoms with E-state index in [0.717, 1.165) is 54.1 Å². The normalized spacial score (nSPS) is 15.5. The van der Waals surface area contributed by atoms with E-state index in [-0.39, 0.29) is 11.2 Å². The maximum Gasteiger partial charge on any atom is 0.271 e. The molecule has 2 heterocycles. The zero-order chi connectivity index (χ0) is 32.9. The molecular weight excluding hydrogens is 754 g/mol. The molecule has 10 heteroatoms. The van der Waals surface area contributed by atoms with Crippen LogP contribution in [0.25, 0.3) is 22.5 Å². The van der Waals surface area contributed by atoms with Gasteiger partial charge >= 0.3 is 0 Å². The number of aromatic nitrogens is 1. The molecular formula is C38H25Br2N3O4S. The zero-order valence-electron chi connectivity index (χ0n) is 25.2. The highest BCUT2D eigenvalue weighted by atomic mass is 79.9. The highest BCUT2D eigenvalue weighted by molar-refractivity contribution is 9.11. The Morgan fingerprint density at radius 3 is 2.52 bits per heavy atom. The van der Waals surface area contributed by atoms with Crippen LogP contribution in [-0.4, -0.2) is 9.49 Å². The molecule has 0 saturated heterocycles. The smallest absolute Gasteiger partial charge is 0.271 e. The summed E-state index contributed by atoms with van der Waals surface area (Å²) in [5, 5.41) is 14.0. The van der Waals surface area contributed by atoms with Gasteiger partial charge in [0.2, 0.25) is 0 Å². The lowest BCUT2D eigenvalue weighted by Crippen LogP contribution is -2.38. The highest BCUT2D eigenvalue weighted by Crippen LogP contribution is 2.42. The first-order valence-corrected chi connectivity index (χ1v) is 17.7. The molecule has 0 fully saturated rings. The number of nitro groups is 1. The summed E-state index contributed by atoms with van der Waals surface area (Å²) in [6, 6.07) is 32.5. The van der Waals surface area contributed by atoms with Crippen LogP contribution in [0.5, 0.6) is 5.75 Å². The standard InChI is InChI=1S/C38H25Br2N3O4S/c39-31-17-22(18-32(40)36(31)47-21-26-11-5-9-23-7-1-3-13-28(23)26)19-33-37(44)42-35(25-10-6-12-27(20-25)43(45)46)30-16-15-24-8-2-4-14-29(24)34(30)41-38(42)48-33/h1-14,17-20,35H,15-16,21H2/b33-19-/t35-/m0/s1. The van der Waals surface area contributed by atoms with Crippen LogP contribution in [-0.2, 0) is 13.0 Å². The number of allylic oxidation sites excluding steroid dienone is 1. The number of thiazole rings is 1. The van der Waals surface area contributed by atoms with Crippen molar-refractivity contribution in [3.05, 3.63) is 175 Å². The second-order valence-electron chi connectivity index (χ2n) is 11.7. The van der Waals surface area contributed by atoms with Crippen LogP contribution in [0, 0.1) is 10.1 Å². The fraction of sp³-hybridized carbons (Fsp3) is 0.105. The summed E-state index contributed by atoms with van der Waals surface area (Å²) >= 11 is 8.70. The Kier molecular flexibility index (Phi) is 7.94. The van der Waals surface area contributed by atoms with Gasteiger partial charge in [0, 0.05) is 17.7 Å². The first-order chi connectivity index (χ1) is 23.4. The number of non-ortho nitro benzene ring substituents is 1. The molecule has 7 nitrogen and oxygen atoms in total. The lowest BCUT2D eigenvalue weighted by atomic mass is 9.83. The van der Waals surface area contributed by atoms with Gasteiger partial charge in [0.1, 0.15) is 12.4 Å². The number of ether oxygens (including phenoxy) is 1. The SMILES string of the molecule is O=c1/c(=C/c2cc(Br)c(OCc3cccc4ccccc34)c(Br)c2)sc2n1[C@@H](c1cccc([N+](=O)[O-])c1)C1=C(N=2)c2ccccc2CC1. The number of rotatable bonds is 6. The Morgan fingerprint density at radius 2 is 1.69 bits per heavy atom. The first-order valence-electron chi connectivity index (χ1n) is 15.3. The van der Waals surface area contributed by atoms with Crippen molar-refractivity contribution in [3.8, 4) is 5.75 Å². The van der Waals surface area contributed by atoms with Crippen molar-refractivity contribution in [1.82, 2.24) is 4.57 Å². The van der Waals surface area contributed by atoms with Crippen molar-refractivity contribution in [2.75, 3.05) is 0 Å². The molecule has 1 aliphatic heterocycles. The van der Waals surface area contributed by atoms with Gasteiger partial charge in [-0.2, -0.15) is 0 Å². The van der Waals surface area contributed by atoms with Crippen LogP contribution in [0.4, 0.5) is 5.69 Å². The Balaban J connectivity index is 1.20. The van der Waals surface area contributed by atoms with Gasteiger partial charge in [0.05, 0.1) is 30.1 Å². The Bertz CT molecular complexity index is 2490. The third-order valence-corrected chi connectivity index (χ3v) is 11.0. The van der Waals surface area contributed by atoms with Crippen molar-refractivity contribution >= 4 is 71.4 Å². The van der Waals surface area contributed by atoms with Gasteiger partial charge in [-0.3, -0.25) is 19.5 Å². The van der Waals surface area contributed by atoms with Crippen LogP contribution < -0.4 is 19.6 Å². The second kappa shape index (κ2) is 12.4. The molecule has 6 aromatic rings. The predicted molar refractivity (Wildman–Crippen MR) is 196 cm³/mol. The molecule has 8 rings (SSSR count). The molecule has 48 heavy (non-hydrogen) atoms. The zero-order valence-corrected chi connectivity index (χ0v) is 29.2. The molecule has 0 saturated carbocycles. The maximum absolute atomic E-state index is 14.2. The minimum atomic E-state index is -0.505. The van der Waals surface area contributed by atoms with Crippen LogP contribution in [0.2, 0.25) is 0 Å². The van der Waals surface area contributed by atoms with Gasteiger partial charge in [-0.15, -0.1) is 0 Å².